The third-order valence-corrected chi connectivity index (χ3v) is 4.65. The smallest absolute Gasteiger partial charge is 0.143 e. The zero-order valence-electron chi connectivity index (χ0n) is 11.1. The van der Waals surface area contributed by atoms with E-state index in [1.54, 1.807) is 6.07 Å². The van der Waals surface area contributed by atoms with Crippen LogP contribution in [0.2, 0.25) is 0 Å². The predicted molar refractivity (Wildman–Crippen MR) is 73.4 cm³/mol. The fraction of sp³-hybridized carbons (Fsp3) is 0.562. The molecule has 2 aliphatic rings. The summed E-state index contributed by atoms with van der Waals surface area (Å²) in [5, 5.41) is 8.80. The Morgan fingerprint density at radius 3 is 2.74 bits per heavy atom. The van der Waals surface area contributed by atoms with Gasteiger partial charge in [-0.25, -0.2) is 4.39 Å². The van der Waals surface area contributed by atoms with Gasteiger partial charge in [0.05, 0.1) is 5.56 Å². The predicted octanol–water partition coefficient (Wildman–Crippen LogP) is 3.86. The summed E-state index contributed by atoms with van der Waals surface area (Å²) in [5.74, 6) is 0.388. The van der Waals surface area contributed by atoms with Crippen LogP contribution in [0.25, 0.3) is 0 Å². The molecule has 0 bridgehead atoms. The number of piperidine rings is 1. The molecule has 2 nitrogen and oxygen atoms in total. The van der Waals surface area contributed by atoms with Gasteiger partial charge in [-0.2, -0.15) is 5.26 Å². The van der Waals surface area contributed by atoms with E-state index >= 15 is 0 Å². The van der Waals surface area contributed by atoms with Gasteiger partial charge in [-0.3, -0.25) is 0 Å². The minimum absolute atomic E-state index is 0.140. The molecule has 1 aliphatic carbocycles. The van der Waals surface area contributed by atoms with Crippen LogP contribution >= 0.6 is 0 Å². The molecule has 0 spiro atoms. The standard InChI is InChI=1S/C16H19FN2/c17-15-10-14(8-7-13(15)11-18)19-9-3-5-12-4-1-2-6-16(12)19/h7-8,10,12,16H,1-6,9H2. The van der Waals surface area contributed by atoms with Crippen LogP contribution in [-0.2, 0) is 0 Å². The number of nitrogens with zero attached hydrogens (tertiary/aromatic N) is 2. The maximum absolute atomic E-state index is 13.8. The Morgan fingerprint density at radius 1 is 1.16 bits per heavy atom. The van der Waals surface area contributed by atoms with E-state index in [1.807, 2.05) is 12.1 Å². The van der Waals surface area contributed by atoms with E-state index in [0.717, 1.165) is 18.2 Å². The Kier molecular flexibility index (Phi) is 3.42. The molecule has 1 aliphatic heterocycles. The molecule has 100 valence electrons. The zero-order chi connectivity index (χ0) is 13.2. The first kappa shape index (κ1) is 12.5. The fourth-order valence-corrected chi connectivity index (χ4v) is 3.72. The lowest BCUT2D eigenvalue weighted by Crippen LogP contribution is -2.46. The molecule has 1 aromatic carbocycles. The highest BCUT2D eigenvalue weighted by Gasteiger charge is 2.33. The Morgan fingerprint density at radius 2 is 1.95 bits per heavy atom. The van der Waals surface area contributed by atoms with Crippen molar-refractivity contribution < 1.29 is 4.39 Å². The van der Waals surface area contributed by atoms with Crippen LogP contribution < -0.4 is 4.90 Å². The van der Waals surface area contributed by atoms with E-state index in [-0.39, 0.29) is 5.56 Å². The molecular weight excluding hydrogens is 239 g/mol. The molecule has 1 saturated heterocycles. The van der Waals surface area contributed by atoms with Crippen molar-refractivity contribution in [3.05, 3.63) is 29.6 Å². The highest BCUT2D eigenvalue weighted by atomic mass is 19.1. The summed E-state index contributed by atoms with van der Waals surface area (Å²) >= 11 is 0. The van der Waals surface area contributed by atoms with Crippen molar-refractivity contribution in [2.24, 2.45) is 5.92 Å². The Hall–Kier alpha value is -1.56. The summed E-state index contributed by atoms with van der Waals surface area (Å²) in [6.07, 6.45) is 7.70. The van der Waals surface area contributed by atoms with E-state index in [2.05, 4.69) is 4.90 Å². The monoisotopic (exact) mass is 258 g/mol. The van der Waals surface area contributed by atoms with E-state index in [4.69, 9.17) is 5.26 Å². The summed E-state index contributed by atoms with van der Waals surface area (Å²) in [7, 11) is 0. The molecule has 3 heteroatoms. The van der Waals surface area contributed by atoms with Gasteiger partial charge in [-0.1, -0.05) is 12.8 Å². The quantitative estimate of drug-likeness (QED) is 0.765. The molecule has 19 heavy (non-hydrogen) atoms. The fourth-order valence-electron chi connectivity index (χ4n) is 3.72. The molecule has 2 atom stereocenters. The number of halogens is 1. The summed E-state index contributed by atoms with van der Waals surface area (Å²) in [6, 6.07) is 7.51. The summed E-state index contributed by atoms with van der Waals surface area (Å²) in [5.41, 5.74) is 1.09. The molecule has 0 N–H and O–H groups in total. The van der Waals surface area contributed by atoms with Crippen LogP contribution in [0.4, 0.5) is 10.1 Å². The molecule has 0 aromatic heterocycles. The number of rotatable bonds is 1. The number of fused-ring (bicyclic) bond motifs is 1. The lowest BCUT2D eigenvalue weighted by molar-refractivity contribution is 0.243. The Bertz CT molecular complexity index is 504. The lowest BCUT2D eigenvalue weighted by atomic mass is 9.78. The molecule has 0 amide bonds. The maximum Gasteiger partial charge on any atom is 0.143 e. The third-order valence-electron chi connectivity index (χ3n) is 4.65. The van der Waals surface area contributed by atoms with Gasteiger partial charge in [-0.05, 0) is 49.8 Å². The summed E-state index contributed by atoms with van der Waals surface area (Å²) < 4.78 is 13.8. The van der Waals surface area contributed by atoms with Crippen molar-refractivity contribution in [3.8, 4) is 6.07 Å². The number of nitriles is 1. The Balaban J connectivity index is 1.88. The van der Waals surface area contributed by atoms with Crippen molar-refractivity contribution in [2.75, 3.05) is 11.4 Å². The SMILES string of the molecule is N#Cc1ccc(N2CCCC3CCCCC32)cc1F. The average Bonchev–Trinajstić information content (AvgIpc) is 2.46. The van der Waals surface area contributed by atoms with Crippen LogP contribution in [0.5, 0.6) is 0 Å². The minimum atomic E-state index is -0.391. The molecule has 3 rings (SSSR count). The van der Waals surface area contributed by atoms with Gasteiger partial charge in [0, 0.05) is 18.3 Å². The van der Waals surface area contributed by atoms with E-state index in [1.165, 1.54) is 44.6 Å². The third kappa shape index (κ3) is 2.32. The highest BCUT2D eigenvalue weighted by Crippen LogP contribution is 2.37. The second kappa shape index (κ2) is 5.21. The van der Waals surface area contributed by atoms with Crippen molar-refractivity contribution in [1.29, 1.82) is 5.26 Å². The first-order chi connectivity index (χ1) is 9.29. The van der Waals surface area contributed by atoms with Gasteiger partial charge in [0.25, 0.3) is 0 Å². The number of hydrogen-bond donors (Lipinski definition) is 0. The molecule has 2 unspecified atom stereocenters. The van der Waals surface area contributed by atoms with E-state index < -0.39 is 5.82 Å². The molecular formula is C16H19FN2. The van der Waals surface area contributed by atoms with Gasteiger partial charge in [0.15, 0.2) is 0 Å². The second-order valence-corrected chi connectivity index (χ2v) is 5.72. The van der Waals surface area contributed by atoms with Crippen LogP contribution in [0.1, 0.15) is 44.1 Å². The van der Waals surface area contributed by atoms with Crippen LogP contribution in [-0.4, -0.2) is 12.6 Å². The van der Waals surface area contributed by atoms with E-state index in [9.17, 15) is 4.39 Å². The number of hydrogen-bond acceptors (Lipinski definition) is 2. The summed E-state index contributed by atoms with van der Waals surface area (Å²) in [4.78, 5) is 2.37. The lowest BCUT2D eigenvalue weighted by Gasteiger charge is -2.45. The molecule has 1 saturated carbocycles. The largest absolute Gasteiger partial charge is 0.368 e. The van der Waals surface area contributed by atoms with Gasteiger partial charge >= 0.3 is 0 Å². The normalized spacial score (nSPS) is 26.6. The first-order valence-corrected chi connectivity index (χ1v) is 7.26. The average molecular weight is 258 g/mol. The van der Waals surface area contributed by atoms with Crippen LogP contribution in [0.3, 0.4) is 0 Å². The van der Waals surface area contributed by atoms with Gasteiger partial charge in [-0.15, -0.1) is 0 Å². The highest BCUT2D eigenvalue weighted by molar-refractivity contribution is 5.51. The van der Waals surface area contributed by atoms with Crippen molar-refractivity contribution >= 4 is 5.69 Å². The first-order valence-electron chi connectivity index (χ1n) is 7.26. The van der Waals surface area contributed by atoms with Gasteiger partial charge in [0.2, 0.25) is 0 Å². The maximum atomic E-state index is 13.8. The van der Waals surface area contributed by atoms with Gasteiger partial charge in [0.1, 0.15) is 11.9 Å². The van der Waals surface area contributed by atoms with Crippen molar-refractivity contribution in [1.82, 2.24) is 0 Å². The molecule has 2 fully saturated rings. The molecule has 0 radical (unpaired) electrons. The number of benzene rings is 1. The van der Waals surface area contributed by atoms with Crippen molar-refractivity contribution in [3.63, 3.8) is 0 Å². The second-order valence-electron chi connectivity index (χ2n) is 5.72. The van der Waals surface area contributed by atoms with Crippen molar-refractivity contribution in [2.45, 2.75) is 44.6 Å². The summed E-state index contributed by atoms with van der Waals surface area (Å²) in [6.45, 7) is 1.02. The van der Waals surface area contributed by atoms with Crippen LogP contribution in [0.15, 0.2) is 18.2 Å². The zero-order valence-corrected chi connectivity index (χ0v) is 11.1. The van der Waals surface area contributed by atoms with E-state index in [0.29, 0.717) is 6.04 Å². The van der Waals surface area contributed by atoms with Gasteiger partial charge < -0.3 is 4.90 Å². The molecule has 1 heterocycles. The minimum Gasteiger partial charge on any atom is -0.368 e. The molecule has 1 aromatic rings. The van der Waals surface area contributed by atoms with Crippen LogP contribution in [0, 0.1) is 23.1 Å². The topological polar surface area (TPSA) is 27.0 Å². The Labute approximate surface area is 113 Å². The number of anilines is 1.